The molecule has 0 saturated heterocycles. The average molecular weight is 239 g/mol. The fourth-order valence-electron chi connectivity index (χ4n) is 1.90. The summed E-state index contributed by atoms with van der Waals surface area (Å²) < 4.78 is 0. The molecular formula is C16H19N2. The molecule has 0 unspecified atom stereocenters. The molecule has 1 radical (unpaired) electrons. The molecule has 0 heterocycles. The van der Waals surface area contributed by atoms with Crippen LogP contribution in [0.2, 0.25) is 0 Å². The molecule has 93 valence electrons. The van der Waals surface area contributed by atoms with Crippen molar-refractivity contribution < 1.29 is 0 Å². The molecule has 2 aromatic rings. The quantitative estimate of drug-likeness (QED) is 0.888. The molecule has 0 aromatic heterocycles. The Kier molecular flexibility index (Phi) is 4.00. The maximum Gasteiger partial charge on any atom is 0.0444 e. The number of anilines is 1. The second kappa shape index (κ2) is 5.69. The summed E-state index contributed by atoms with van der Waals surface area (Å²) in [6.07, 6.45) is 0.945. The van der Waals surface area contributed by atoms with Gasteiger partial charge in [0, 0.05) is 32.4 Å². The van der Waals surface area contributed by atoms with Gasteiger partial charge in [-0.3, -0.25) is 0 Å². The number of rotatable bonds is 4. The van der Waals surface area contributed by atoms with E-state index in [2.05, 4.69) is 47.4 Å². The minimum Gasteiger partial charge on any atom is -0.377 e. The van der Waals surface area contributed by atoms with Crippen LogP contribution in [-0.4, -0.2) is 14.1 Å². The van der Waals surface area contributed by atoms with Gasteiger partial charge in [-0.1, -0.05) is 36.4 Å². The minimum absolute atomic E-state index is 0.603. The maximum absolute atomic E-state index is 5.60. The fourth-order valence-corrected chi connectivity index (χ4v) is 1.90. The zero-order valence-corrected chi connectivity index (χ0v) is 11.0. The van der Waals surface area contributed by atoms with Crippen LogP contribution in [0, 0.1) is 6.07 Å². The van der Waals surface area contributed by atoms with E-state index in [-0.39, 0.29) is 0 Å². The summed E-state index contributed by atoms with van der Waals surface area (Å²) in [6, 6.07) is 18.0. The first-order valence-corrected chi connectivity index (χ1v) is 6.15. The van der Waals surface area contributed by atoms with Crippen molar-refractivity contribution in [3.8, 4) is 0 Å². The van der Waals surface area contributed by atoms with Crippen molar-refractivity contribution in [2.24, 2.45) is 5.73 Å². The van der Waals surface area contributed by atoms with Crippen LogP contribution in [0.15, 0.2) is 42.5 Å². The van der Waals surface area contributed by atoms with E-state index in [0.29, 0.717) is 6.54 Å². The minimum atomic E-state index is 0.603. The molecule has 0 bridgehead atoms. The highest BCUT2D eigenvalue weighted by atomic mass is 15.1. The second-order valence-electron chi connectivity index (χ2n) is 4.67. The van der Waals surface area contributed by atoms with Crippen molar-refractivity contribution in [1.29, 1.82) is 0 Å². The predicted molar refractivity (Wildman–Crippen MR) is 76.7 cm³/mol. The van der Waals surface area contributed by atoms with Gasteiger partial charge in [0.05, 0.1) is 0 Å². The molecule has 0 saturated carbocycles. The van der Waals surface area contributed by atoms with Crippen molar-refractivity contribution >= 4 is 5.69 Å². The number of nitrogens with two attached hydrogens (primary N) is 1. The lowest BCUT2D eigenvalue weighted by atomic mass is 10.0. The number of hydrogen-bond acceptors (Lipinski definition) is 2. The summed E-state index contributed by atoms with van der Waals surface area (Å²) in [5.41, 5.74) is 10.5. The van der Waals surface area contributed by atoms with Gasteiger partial charge >= 0.3 is 0 Å². The lowest BCUT2D eigenvalue weighted by Crippen LogP contribution is -2.08. The number of benzene rings is 2. The predicted octanol–water partition coefficient (Wildman–Crippen LogP) is 2.60. The first-order valence-electron chi connectivity index (χ1n) is 6.15. The van der Waals surface area contributed by atoms with Gasteiger partial charge in [-0.25, -0.2) is 0 Å². The standard InChI is InChI=1S/C16H19N2/c1-18(2)16-5-3-4-15(11-16)10-13-6-8-14(12-17)9-7-13/h3-4,6-9,11H,10,12,17H2,1-2H3. The molecule has 0 aliphatic carbocycles. The van der Waals surface area contributed by atoms with Crippen molar-refractivity contribution in [1.82, 2.24) is 0 Å². The third-order valence-electron chi connectivity index (χ3n) is 3.00. The lowest BCUT2D eigenvalue weighted by Gasteiger charge is -2.13. The Balaban J connectivity index is 2.15. The fraction of sp³-hybridized carbons (Fsp3) is 0.250. The molecule has 0 aliphatic rings. The molecule has 0 amide bonds. The Bertz CT molecular complexity index is 501. The smallest absolute Gasteiger partial charge is 0.0444 e. The van der Waals surface area contributed by atoms with Crippen LogP contribution in [0.3, 0.4) is 0 Å². The van der Waals surface area contributed by atoms with Gasteiger partial charge in [0.25, 0.3) is 0 Å². The Morgan fingerprint density at radius 3 is 2.28 bits per heavy atom. The highest BCUT2D eigenvalue weighted by Gasteiger charge is 2.00. The van der Waals surface area contributed by atoms with Crippen molar-refractivity contribution in [2.45, 2.75) is 13.0 Å². The third-order valence-corrected chi connectivity index (χ3v) is 3.00. The van der Waals surface area contributed by atoms with Gasteiger partial charge in [0.15, 0.2) is 0 Å². The van der Waals surface area contributed by atoms with Gasteiger partial charge < -0.3 is 10.6 Å². The molecule has 0 atom stereocenters. The summed E-state index contributed by atoms with van der Waals surface area (Å²) in [5.74, 6) is 0. The molecule has 0 aliphatic heterocycles. The van der Waals surface area contributed by atoms with Crippen molar-refractivity contribution in [2.75, 3.05) is 19.0 Å². The molecule has 18 heavy (non-hydrogen) atoms. The Morgan fingerprint density at radius 1 is 1.00 bits per heavy atom. The lowest BCUT2D eigenvalue weighted by molar-refractivity contribution is 1.06. The molecule has 2 nitrogen and oxygen atoms in total. The van der Waals surface area contributed by atoms with E-state index in [1.807, 2.05) is 20.2 Å². The zero-order valence-electron chi connectivity index (χ0n) is 11.0. The van der Waals surface area contributed by atoms with E-state index >= 15 is 0 Å². The van der Waals surface area contributed by atoms with Gasteiger partial charge in [-0.05, 0) is 29.2 Å². The molecule has 0 fully saturated rings. The van der Waals surface area contributed by atoms with Crippen LogP contribution in [-0.2, 0) is 13.0 Å². The zero-order chi connectivity index (χ0) is 13.0. The summed E-state index contributed by atoms with van der Waals surface area (Å²) in [5, 5.41) is 0. The highest BCUT2D eigenvalue weighted by molar-refractivity contribution is 5.47. The third kappa shape index (κ3) is 3.11. The van der Waals surface area contributed by atoms with Gasteiger partial charge in [-0.15, -0.1) is 0 Å². The Morgan fingerprint density at radius 2 is 1.67 bits per heavy atom. The van der Waals surface area contributed by atoms with Crippen LogP contribution in [0.4, 0.5) is 5.69 Å². The Hall–Kier alpha value is -1.80. The second-order valence-corrected chi connectivity index (χ2v) is 4.67. The summed E-state index contributed by atoms with van der Waals surface area (Å²) in [4.78, 5) is 2.07. The van der Waals surface area contributed by atoms with Gasteiger partial charge in [0.1, 0.15) is 0 Å². The molecule has 2 aromatic carbocycles. The van der Waals surface area contributed by atoms with E-state index < -0.39 is 0 Å². The summed E-state index contributed by atoms with van der Waals surface area (Å²) in [7, 11) is 4.07. The van der Waals surface area contributed by atoms with Crippen molar-refractivity contribution in [3.63, 3.8) is 0 Å². The average Bonchev–Trinajstić information content (AvgIpc) is 2.40. The Labute approximate surface area is 109 Å². The topological polar surface area (TPSA) is 29.3 Å². The number of nitrogens with zero attached hydrogens (tertiary/aromatic N) is 1. The summed E-state index contributed by atoms with van der Waals surface area (Å²) >= 11 is 0. The van der Waals surface area contributed by atoms with Crippen molar-refractivity contribution in [3.05, 3.63) is 65.2 Å². The van der Waals surface area contributed by atoms with Crippen LogP contribution in [0.25, 0.3) is 0 Å². The molecule has 0 spiro atoms. The highest BCUT2D eigenvalue weighted by Crippen LogP contribution is 2.16. The molecular weight excluding hydrogens is 220 g/mol. The van der Waals surface area contributed by atoms with E-state index in [1.54, 1.807) is 0 Å². The van der Waals surface area contributed by atoms with Gasteiger partial charge in [-0.2, -0.15) is 0 Å². The molecule has 2 rings (SSSR count). The van der Waals surface area contributed by atoms with Crippen LogP contribution >= 0.6 is 0 Å². The normalized spacial score (nSPS) is 10.4. The first kappa shape index (κ1) is 12.7. The van der Waals surface area contributed by atoms with Crippen LogP contribution in [0.5, 0.6) is 0 Å². The first-order chi connectivity index (χ1) is 8.69. The van der Waals surface area contributed by atoms with E-state index in [4.69, 9.17) is 5.73 Å². The molecule has 2 heteroatoms. The maximum atomic E-state index is 5.60. The van der Waals surface area contributed by atoms with E-state index in [0.717, 1.165) is 12.1 Å². The SMILES string of the molecule is CN(C)c1[c]ccc(Cc2ccc(CN)cc2)c1. The van der Waals surface area contributed by atoms with Crippen LogP contribution in [0.1, 0.15) is 16.7 Å². The summed E-state index contributed by atoms with van der Waals surface area (Å²) in [6.45, 7) is 0.603. The largest absolute Gasteiger partial charge is 0.377 e. The molecule has 2 N–H and O–H groups in total. The van der Waals surface area contributed by atoms with Crippen LogP contribution < -0.4 is 10.6 Å². The number of hydrogen-bond donors (Lipinski definition) is 1. The monoisotopic (exact) mass is 239 g/mol. The van der Waals surface area contributed by atoms with E-state index in [1.165, 1.54) is 16.7 Å². The van der Waals surface area contributed by atoms with Gasteiger partial charge in [0.2, 0.25) is 0 Å². The van der Waals surface area contributed by atoms with E-state index in [9.17, 15) is 0 Å².